The highest BCUT2D eigenvalue weighted by molar-refractivity contribution is 5.79. The van der Waals surface area contributed by atoms with Crippen LogP contribution in [0.2, 0.25) is 0 Å². The van der Waals surface area contributed by atoms with Gasteiger partial charge in [0.2, 0.25) is 0 Å². The second-order valence-electron chi connectivity index (χ2n) is 7.38. The van der Waals surface area contributed by atoms with Crippen LogP contribution in [0.1, 0.15) is 52.4 Å². The molecule has 2 atom stereocenters. The van der Waals surface area contributed by atoms with Crippen LogP contribution in [0.15, 0.2) is 4.99 Å². The van der Waals surface area contributed by atoms with Crippen LogP contribution in [-0.2, 0) is 9.47 Å². The van der Waals surface area contributed by atoms with Crippen molar-refractivity contribution in [2.75, 3.05) is 46.5 Å². The second-order valence-corrected chi connectivity index (χ2v) is 7.38. The first-order valence-electron chi connectivity index (χ1n) is 10.1. The monoisotopic (exact) mass is 354 g/mol. The molecule has 2 rings (SSSR count). The Morgan fingerprint density at radius 3 is 2.68 bits per heavy atom. The fraction of sp³-hybridized carbons (Fsp3) is 0.947. The summed E-state index contributed by atoms with van der Waals surface area (Å²) in [4.78, 5) is 6.82. The summed E-state index contributed by atoms with van der Waals surface area (Å²) in [6, 6.07) is 0.938. The molecule has 0 bridgehead atoms. The van der Waals surface area contributed by atoms with Gasteiger partial charge in [-0.1, -0.05) is 25.7 Å². The van der Waals surface area contributed by atoms with Crippen molar-refractivity contribution < 1.29 is 9.47 Å². The van der Waals surface area contributed by atoms with E-state index in [-0.39, 0.29) is 0 Å². The zero-order chi connectivity index (χ0) is 17.9. The van der Waals surface area contributed by atoms with Crippen LogP contribution in [0.4, 0.5) is 0 Å². The molecule has 0 aromatic heterocycles. The van der Waals surface area contributed by atoms with E-state index in [9.17, 15) is 0 Å². The van der Waals surface area contributed by atoms with Gasteiger partial charge in [0.1, 0.15) is 0 Å². The molecule has 6 nitrogen and oxygen atoms in total. The van der Waals surface area contributed by atoms with Gasteiger partial charge in [0, 0.05) is 38.8 Å². The lowest BCUT2D eigenvalue weighted by Crippen LogP contribution is -2.53. The molecule has 1 aliphatic heterocycles. The second kappa shape index (κ2) is 11.7. The van der Waals surface area contributed by atoms with Crippen molar-refractivity contribution in [2.24, 2.45) is 4.99 Å². The highest BCUT2D eigenvalue weighted by atomic mass is 16.5. The van der Waals surface area contributed by atoms with Crippen LogP contribution in [0.25, 0.3) is 0 Å². The molecule has 1 saturated carbocycles. The fourth-order valence-corrected chi connectivity index (χ4v) is 3.78. The van der Waals surface area contributed by atoms with Gasteiger partial charge in [-0.3, -0.25) is 9.89 Å². The summed E-state index contributed by atoms with van der Waals surface area (Å²) in [5.74, 6) is 0.859. The van der Waals surface area contributed by atoms with Crippen LogP contribution in [0, 0.1) is 0 Å². The molecule has 1 heterocycles. The number of ether oxygens (including phenoxy) is 2. The maximum absolute atomic E-state index is 6.03. The van der Waals surface area contributed by atoms with Crippen molar-refractivity contribution in [2.45, 2.75) is 70.6 Å². The molecule has 2 aliphatic rings. The van der Waals surface area contributed by atoms with Gasteiger partial charge in [0.25, 0.3) is 0 Å². The van der Waals surface area contributed by atoms with Crippen LogP contribution in [-0.4, -0.2) is 75.5 Å². The topological polar surface area (TPSA) is 58.1 Å². The summed E-state index contributed by atoms with van der Waals surface area (Å²) in [5, 5.41) is 6.80. The zero-order valence-electron chi connectivity index (χ0n) is 16.4. The van der Waals surface area contributed by atoms with Crippen molar-refractivity contribution in [3.63, 3.8) is 0 Å². The predicted molar refractivity (Wildman–Crippen MR) is 103 cm³/mol. The largest absolute Gasteiger partial charge is 0.379 e. The Morgan fingerprint density at radius 1 is 1.24 bits per heavy atom. The summed E-state index contributed by atoms with van der Waals surface area (Å²) < 4.78 is 11.5. The SMILES string of the molecule is CN=C(NCCOC1CCCCCC1)NCC(C)N1CCOCC1C. The van der Waals surface area contributed by atoms with Gasteiger partial charge in [0.15, 0.2) is 5.96 Å². The maximum Gasteiger partial charge on any atom is 0.191 e. The Hall–Kier alpha value is -0.850. The first kappa shape index (κ1) is 20.5. The molecule has 146 valence electrons. The molecular weight excluding hydrogens is 316 g/mol. The predicted octanol–water partition coefficient (Wildman–Crippen LogP) is 2.00. The highest BCUT2D eigenvalue weighted by Crippen LogP contribution is 2.19. The average Bonchev–Trinajstić information content (AvgIpc) is 2.90. The third-order valence-electron chi connectivity index (χ3n) is 5.32. The molecule has 0 aromatic carbocycles. The Balaban J connectivity index is 1.59. The minimum absolute atomic E-state index is 0.458. The lowest BCUT2D eigenvalue weighted by atomic mass is 10.1. The smallest absolute Gasteiger partial charge is 0.191 e. The van der Waals surface area contributed by atoms with Crippen LogP contribution >= 0.6 is 0 Å². The molecular formula is C19H38N4O2. The number of rotatable bonds is 7. The number of morpholine rings is 1. The van der Waals surface area contributed by atoms with Crippen LogP contribution in [0.3, 0.4) is 0 Å². The van der Waals surface area contributed by atoms with Crippen LogP contribution < -0.4 is 10.6 Å². The fourth-order valence-electron chi connectivity index (χ4n) is 3.78. The Labute approximate surface area is 153 Å². The number of nitrogens with one attached hydrogen (secondary N) is 2. The van der Waals surface area contributed by atoms with Crippen molar-refractivity contribution in [1.29, 1.82) is 0 Å². The zero-order valence-corrected chi connectivity index (χ0v) is 16.4. The first-order valence-corrected chi connectivity index (χ1v) is 10.1. The number of hydrogen-bond acceptors (Lipinski definition) is 4. The minimum atomic E-state index is 0.458. The van der Waals surface area contributed by atoms with Gasteiger partial charge in [-0.05, 0) is 26.7 Å². The van der Waals surface area contributed by atoms with E-state index in [0.29, 0.717) is 18.2 Å². The van der Waals surface area contributed by atoms with E-state index < -0.39 is 0 Å². The van der Waals surface area contributed by atoms with Crippen molar-refractivity contribution in [3.05, 3.63) is 0 Å². The van der Waals surface area contributed by atoms with Gasteiger partial charge >= 0.3 is 0 Å². The minimum Gasteiger partial charge on any atom is -0.379 e. The normalized spacial score (nSPS) is 25.4. The van der Waals surface area contributed by atoms with Crippen LogP contribution in [0.5, 0.6) is 0 Å². The van der Waals surface area contributed by atoms with Gasteiger partial charge in [-0.25, -0.2) is 0 Å². The van der Waals surface area contributed by atoms with E-state index in [1.165, 1.54) is 38.5 Å². The van der Waals surface area contributed by atoms with Gasteiger partial charge in [-0.2, -0.15) is 0 Å². The lowest BCUT2D eigenvalue weighted by molar-refractivity contribution is -0.0174. The van der Waals surface area contributed by atoms with E-state index in [4.69, 9.17) is 9.47 Å². The van der Waals surface area contributed by atoms with E-state index in [1.807, 2.05) is 7.05 Å². The summed E-state index contributed by atoms with van der Waals surface area (Å²) >= 11 is 0. The number of hydrogen-bond donors (Lipinski definition) is 2. The summed E-state index contributed by atoms with van der Waals surface area (Å²) in [5.41, 5.74) is 0. The average molecular weight is 355 g/mol. The van der Waals surface area contributed by atoms with Crippen molar-refractivity contribution in [3.8, 4) is 0 Å². The molecule has 1 aliphatic carbocycles. The Morgan fingerprint density at radius 2 is 2.00 bits per heavy atom. The number of guanidine groups is 1. The Kier molecular flexibility index (Phi) is 9.58. The van der Waals surface area contributed by atoms with E-state index in [1.54, 1.807) is 0 Å². The van der Waals surface area contributed by atoms with Crippen molar-refractivity contribution in [1.82, 2.24) is 15.5 Å². The van der Waals surface area contributed by atoms with Crippen molar-refractivity contribution >= 4 is 5.96 Å². The summed E-state index contributed by atoms with van der Waals surface area (Å²) in [7, 11) is 1.82. The summed E-state index contributed by atoms with van der Waals surface area (Å²) in [6.07, 6.45) is 8.29. The molecule has 2 N–H and O–H groups in total. The van der Waals surface area contributed by atoms with E-state index in [0.717, 1.165) is 45.4 Å². The molecule has 25 heavy (non-hydrogen) atoms. The summed E-state index contributed by atoms with van der Waals surface area (Å²) in [6.45, 7) is 9.60. The molecule has 2 fully saturated rings. The number of aliphatic imine (C=N–C) groups is 1. The van der Waals surface area contributed by atoms with Gasteiger partial charge < -0.3 is 20.1 Å². The quantitative estimate of drug-likeness (QED) is 0.317. The van der Waals surface area contributed by atoms with E-state index in [2.05, 4.69) is 34.4 Å². The third kappa shape index (κ3) is 7.50. The molecule has 6 heteroatoms. The van der Waals surface area contributed by atoms with Gasteiger partial charge in [-0.15, -0.1) is 0 Å². The molecule has 0 spiro atoms. The third-order valence-corrected chi connectivity index (χ3v) is 5.32. The lowest BCUT2D eigenvalue weighted by Gasteiger charge is -2.38. The molecule has 0 aromatic rings. The Bertz CT molecular complexity index is 384. The highest BCUT2D eigenvalue weighted by Gasteiger charge is 2.23. The maximum atomic E-state index is 6.03. The molecule has 2 unspecified atom stereocenters. The molecule has 0 amide bonds. The first-order chi connectivity index (χ1) is 12.2. The van der Waals surface area contributed by atoms with E-state index >= 15 is 0 Å². The van der Waals surface area contributed by atoms with Gasteiger partial charge in [0.05, 0.1) is 25.9 Å². The molecule has 1 saturated heterocycles. The standard InChI is InChI=1S/C19H38N4O2/c1-16(23-11-13-24-15-17(23)2)14-22-19(20-3)21-10-12-25-18-8-6-4-5-7-9-18/h16-18H,4-15H2,1-3H3,(H2,20,21,22). The number of nitrogens with zero attached hydrogens (tertiary/aromatic N) is 2. The molecule has 0 radical (unpaired) electrons.